The van der Waals surface area contributed by atoms with Crippen molar-refractivity contribution in [1.29, 1.82) is 0 Å². The predicted octanol–water partition coefficient (Wildman–Crippen LogP) is 16.0. The van der Waals surface area contributed by atoms with Gasteiger partial charge < -0.3 is 85.1 Å². The Balaban J connectivity index is 0.000000122. The highest BCUT2D eigenvalue weighted by Gasteiger charge is 2.40. The zero-order valence-electron chi connectivity index (χ0n) is 76.5. The number of ether oxygens (including phenoxy) is 2. The van der Waals surface area contributed by atoms with Crippen molar-refractivity contribution in [2.75, 3.05) is 158 Å². The van der Waals surface area contributed by atoms with Crippen LogP contribution in [-0.2, 0) is 30.1 Å². The van der Waals surface area contributed by atoms with E-state index in [0.29, 0.717) is 147 Å². The molecule has 0 spiro atoms. The molecule has 10 aromatic rings. The summed E-state index contributed by atoms with van der Waals surface area (Å²) < 4.78 is 64.7. The van der Waals surface area contributed by atoms with Crippen LogP contribution in [0.5, 0.6) is 11.6 Å². The van der Waals surface area contributed by atoms with E-state index in [0.717, 1.165) is 117 Å². The Bertz CT molecular complexity index is 5640. The molecule has 5 amide bonds. The number of fused-ring (bicyclic) bond motifs is 5. The highest BCUT2D eigenvalue weighted by Crippen LogP contribution is 2.45. The zero-order valence-corrected chi connectivity index (χ0v) is 76.5. The molecule has 10 aliphatic rings. The molecule has 0 radical (unpaired) electrons. The van der Waals surface area contributed by atoms with Gasteiger partial charge in [-0.05, 0) is 113 Å². The topological polar surface area (TPSA) is 364 Å². The number of hydrogen-bond acceptors (Lipinski definition) is 30. The van der Waals surface area contributed by atoms with E-state index in [1.165, 1.54) is 114 Å². The van der Waals surface area contributed by atoms with Crippen molar-refractivity contribution in [2.45, 2.75) is 197 Å². The van der Waals surface area contributed by atoms with E-state index in [-0.39, 0.29) is 58.8 Å². The Morgan fingerprint density at radius 2 is 0.687 bits per heavy atom. The van der Waals surface area contributed by atoms with Gasteiger partial charge in [-0.25, -0.2) is 44.3 Å². The second-order valence-corrected chi connectivity index (χ2v) is 34.7. The summed E-state index contributed by atoms with van der Waals surface area (Å²) in [6, 6.07) is 27.4. The maximum Gasteiger partial charge on any atom is 0.418 e. The van der Waals surface area contributed by atoms with E-state index in [2.05, 4.69) is 101 Å². The molecule has 0 unspecified atom stereocenters. The molecule has 0 bridgehead atoms. The number of nitrogens with one attached hydrogen (secondary N) is 5. The van der Waals surface area contributed by atoms with Crippen molar-refractivity contribution in [3.05, 3.63) is 152 Å². The molecule has 35 nitrogen and oxygen atoms in total. The number of alkyl halides is 3. The van der Waals surface area contributed by atoms with E-state index >= 15 is 0 Å². The third-order valence-electron chi connectivity index (χ3n) is 26.4. The van der Waals surface area contributed by atoms with Crippen LogP contribution in [0.2, 0.25) is 0 Å². The number of rotatable bonds is 17. The van der Waals surface area contributed by atoms with Crippen LogP contribution in [0.25, 0.3) is 0 Å². The fraction of sp³-hybridized carbons (Fsp3) is 0.453. The second kappa shape index (κ2) is 42.7. The summed E-state index contributed by atoms with van der Waals surface area (Å²) in [5.41, 5.74) is 3.83. The van der Waals surface area contributed by atoms with Gasteiger partial charge in [0.1, 0.15) is 45.7 Å². The highest BCUT2D eigenvalue weighted by molar-refractivity contribution is 6.01. The first-order valence-electron chi connectivity index (χ1n) is 46.2. The normalized spacial score (nSPS) is 17.9. The highest BCUT2D eigenvalue weighted by atomic mass is 19.4. The lowest BCUT2D eigenvalue weighted by Gasteiger charge is -2.30. The smallest absolute Gasteiger partial charge is 0.418 e. The van der Waals surface area contributed by atoms with Crippen LogP contribution in [-0.4, -0.2) is 207 Å². The number of pyridine rings is 1. The summed E-state index contributed by atoms with van der Waals surface area (Å²) >= 11 is 0. The van der Waals surface area contributed by atoms with Crippen LogP contribution in [0.1, 0.15) is 166 Å². The lowest BCUT2D eigenvalue weighted by atomic mass is 10.1. The lowest BCUT2D eigenvalue weighted by Crippen LogP contribution is -2.34. The molecule has 0 saturated heterocycles. The van der Waals surface area contributed by atoms with Gasteiger partial charge in [0, 0.05) is 155 Å². The Morgan fingerprint density at radius 1 is 0.343 bits per heavy atom. The largest absolute Gasteiger partial charge is 0.494 e. The number of methoxy groups -OCH3 is 2. The lowest BCUT2D eigenvalue weighted by molar-refractivity contribution is -0.137. The van der Waals surface area contributed by atoms with Gasteiger partial charge in [-0.3, -0.25) is 24.0 Å². The number of hydrogen-bond donors (Lipinski definition) is 5. The quantitative estimate of drug-likeness (QED) is 0.0529. The van der Waals surface area contributed by atoms with Crippen molar-refractivity contribution >= 4 is 146 Å². The number of benzene rings is 3. The molecule has 20 rings (SSSR count). The van der Waals surface area contributed by atoms with Crippen molar-refractivity contribution < 1.29 is 51.0 Å². The van der Waals surface area contributed by atoms with Crippen molar-refractivity contribution in [1.82, 2.24) is 64.8 Å². The maximum atomic E-state index is 14.3. The number of para-hydroxylation sites is 3. The van der Waals surface area contributed by atoms with Gasteiger partial charge in [-0.1, -0.05) is 107 Å². The number of nitrogens with zero attached hydrogens (tertiary/aromatic N) is 23. The van der Waals surface area contributed by atoms with Gasteiger partial charge in [0.25, 0.3) is 5.88 Å². The second-order valence-electron chi connectivity index (χ2n) is 34.7. The number of carbonyl (C=O) groups is 5. The Kier molecular flexibility index (Phi) is 29.7. The maximum absolute atomic E-state index is 14.3. The van der Waals surface area contributed by atoms with Crippen molar-refractivity contribution in [3.63, 3.8) is 0 Å². The Morgan fingerprint density at radius 3 is 1.05 bits per heavy atom. The molecule has 3 aromatic carbocycles. The van der Waals surface area contributed by atoms with Gasteiger partial charge >= 0.3 is 6.18 Å². The van der Waals surface area contributed by atoms with Gasteiger partial charge in [-0.15, -0.1) is 0 Å². The molecule has 5 saturated carbocycles. The molecule has 7 aromatic heterocycles. The average molecular weight is 1840 g/mol. The van der Waals surface area contributed by atoms with Gasteiger partial charge in [-0.2, -0.15) is 38.1 Å². The minimum atomic E-state index is -4.49. The monoisotopic (exact) mass is 1830 g/mol. The van der Waals surface area contributed by atoms with E-state index in [1.807, 2.05) is 55.6 Å². The number of halogens is 4. The number of carbonyl (C=O) groups excluding carboxylic acids is 5. The number of aromatic nitrogens is 13. The average Bonchev–Trinajstić information content (AvgIpc) is 1.60. The van der Waals surface area contributed by atoms with E-state index in [1.54, 1.807) is 103 Å². The van der Waals surface area contributed by atoms with Crippen LogP contribution in [0.15, 0.2) is 141 Å². The minimum Gasteiger partial charge on any atom is -0.494 e. The molecule has 5 aliphatic heterocycles. The van der Waals surface area contributed by atoms with Gasteiger partial charge in [0.15, 0.2) is 40.7 Å². The van der Waals surface area contributed by atoms with E-state index in [4.69, 9.17) is 24.4 Å². The molecule has 5 aliphatic carbocycles. The summed E-state index contributed by atoms with van der Waals surface area (Å²) in [5, 5.41) is 15.1. The first-order valence-corrected chi connectivity index (χ1v) is 46.2. The van der Waals surface area contributed by atoms with Gasteiger partial charge in [0.05, 0.1) is 56.5 Å². The molecule has 704 valence electrons. The van der Waals surface area contributed by atoms with Crippen LogP contribution in [0.3, 0.4) is 0 Å². The number of anilines is 20. The molecule has 134 heavy (non-hydrogen) atoms. The van der Waals surface area contributed by atoms with Crippen LogP contribution in [0.4, 0.5) is 134 Å². The van der Waals surface area contributed by atoms with Crippen LogP contribution >= 0.6 is 0 Å². The minimum absolute atomic E-state index is 0.0292. The molecule has 0 atom stereocenters. The molecule has 12 heterocycles. The summed E-state index contributed by atoms with van der Waals surface area (Å²) in [6.07, 6.45) is 34.1. The fourth-order valence-corrected chi connectivity index (χ4v) is 19.1. The molecule has 5 fully saturated rings. The van der Waals surface area contributed by atoms with E-state index in [9.17, 15) is 41.5 Å². The first-order chi connectivity index (χ1) is 65.0. The molecular weight excluding hydrogens is 1720 g/mol. The van der Waals surface area contributed by atoms with Crippen LogP contribution < -0.4 is 85.1 Å². The predicted molar refractivity (Wildman–Crippen MR) is 508 cm³/mol. The Labute approximate surface area is 775 Å². The SMILES string of the molecule is CN1C(=O)CCN(C2CCCC2)c2nc(Nc3ccccc3)ncc21.CN1C(=O)CCN(C2CCCC2)c2nc(Nc3ccccc3C(F)(F)F)ncc21.CN1C(=O)CCN(C2CCCC2)c2nc(Nc3ccccn3)ncc21.COc1cccc(F)c1Nc1ncc2c(n1)N(C1CCCC1)CCC(=O)N2C.COc1nccnc1Nc1ncc2c(n1)N(C1CCCC1)CCC(=O)N2C. The van der Waals surface area contributed by atoms with Crippen molar-refractivity contribution in [3.8, 4) is 11.6 Å². The van der Waals surface area contributed by atoms with Crippen molar-refractivity contribution in [2.24, 2.45) is 0 Å². The van der Waals surface area contributed by atoms with Gasteiger partial charge in [0.2, 0.25) is 59.3 Å². The fourth-order valence-electron chi connectivity index (χ4n) is 19.1. The van der Waals surface area contributed by atoms with E-state index < -0.39 is 17.6 Å². The number of amides is 5. The summed E-state index contributed by atoms with van der Waals surface area (Å²) in [6.45, 7) is 3.27. The first kappa shape index (κ1) is 93.2. The van der Waals surface area contributed by atoms with Crippen LogP contribution in [0, 0.1) is 5.82 Å². The Hall–Kier alpha value is -14.0. The third-order valence-corrected chi connectivity index (χ3v) is 26.4. The molecular formula is C95H114F4N28O7. The summed E-state index contributed by atoms with van der Waals surface area (Å²) in [5.74, 6) is 7.39. The summed E-state index contributed by atoms with van der Waals surface area (Å²) in [4.78, 5) is 139. The third kappa shape index (κ3) is 21.7. The zero-order chi connectivity index (χ0) is 93.5. The summed E-state index contributed by atoms with van der Waals surface area (Å²) in [7, 11) is 11.8. The molecule has 5 N–H and O–H groups in total. The standard InChI is InChI=1S/C20H22F3N5O.C20H24FN5O2.C19H23N5O.C18H23N7O2.C18H22N6O/c1-27-16-12-24-19(25-15-9-5-4-8-14(15)20(21,22)23)26-18(16)28(11-10-17(27)29)13-6-2-3-7-13;1-25-15-12-22-20(23-18-14(21)8-5-9-16(18)28-2)24-19(15)26(11-10-17(25)27)13-6-3-4-7-13;1-23-16-13-20-19(21-14-7-3-2-4-8-14)22-18(16)24(12-11-17(23)25)15-9-5-6-10-15;1-24-13-11-21-18(22-15-17(27-2)20-9-8-19-15)23-16(13)25(10-7-14(24)26)12-5-3-4-6-12;1-23-14-12-20-18(21-15-8-4-5-10-19-15)22-17(14)24(11-9-16(23)25)13-6-2-3-7-13/h4-5,8-9,12-13H,2-3,6-7,10-11H2,1H3,(H,24,25,26);5,8-9,12-13H,3-4,6-7,10-11H2,1-2H3,(H,22,23,24);2-4,7-8,13,15H,5-6,9-12H2,1H3,(H,20,21,22);8-9,11-12H,3-7,10H2,1-2H3,(H,19,21,22,23);4-5,8,10,12-13H,2-3,6-7,9,11H2,1H3,(H,19,20,21,22). The molecule has 39 heteroatoms.